The molecule has 1 aromatic rings. The molecule has 9 heteroatoms. The zero-order chi connectivity index (χ0) is 19.9. The minimum atomic E-state index is -3.69. The van der Waals surface area contributed by atoms with Crippen LogP contribution in [0.1, 0.15) is 37.2 Å². The van der Waals surface area contributed by atoms with Crippen molar-refractivity contribution < 1.29 is 12.8 Å². The monoisotopic (exact) mass is 407 g/mol. The molecule has 2 heterocycles. The number of hydrogen-bond acceptors (Lipinski definition) is 5. The van der Waals surface area contributed by atoms with Gasteiger partial charge in [0.25, 0.3) is 10.2 Å². The van der Waals surface area contributed by atoms with E-state index in [1.165, 1.54) is 22.0 Å². The standard InChI is InChI=1S/C19H26FN5O2S/c20-15-3-1-14(2-4-15)17-11-18(17)23-16-5-9-24(10-6-16)19(7-8-21)12-25(13-19)28(22,26)27/h1-4,16-18,23H,5-7,9-13H2,(H2,22,26,27)/t17?,18-/m1/s1. The third kappa shape index (κ3) is 3.93. The summed E-state index contributed by atoms with van der Waals surface area (Å²) >= 11 is 0. The zero-order valence-corrected chi connectivity index (χ0v) is 16.5. The quantitative estimate of drug-likeness (QED) is 0.730. The van der Waals surface area contributed by atoms with Gasteiger partial charge >= 0.3 is 0 Å². The Bertz CT molecular complexity index is 855. The lowest BCUT2D eigenvalue weighted by molar-refractivity contribution is -0.0255. The van der Waals surface area contributed by atoms with Crippen molar-refractivity contribution in [3.05, 3.63) is 35.6 Å². The largest absolute Gasteiger partial charge is 0.311 e. The van der Waals surface area contributed by atoms with E-state index in [0.717, 1.165) is 32.4 Å². The van der Waals surface area contributed by atoms with E-state index in [1.807, 2.05) is 12.1 Å². The van der Waals surface area contributed by atoms with Crippen molar-refractivity contribution in [3.8, 4) is 6.07 Å². The summed E-state index contributed by atoms with van der Waals surface area (Å²) in [6, 6.07) is 9.83. The predicted octanol–water partition coefficient (Wildman–Crippen LogP) is 0.907. The van der Waals surface area contributed by atoms with Gasteiger partial charge in [-0.15, -0.1) is 0 Å². The molecule has 1 aromatic carbocycles. The fourth-order valence-electron chi connectivity index (χ4n) is 4.64. The summed E-state index contributed by atoms with van der Waals surface area (Å²) in [4.78, 5) is 2.26. The molecule has 28 heavy (non-hydrogen) atoms. The molecule has 0 aromatic heterocycles. The maximum atomic E-state index is 13.1. The van der Waals surface area contributed by atoms with Crippen LogP contribution in [0.3, 0.4) is 0 Å². The molecule has 2 saturated heterocycles. The highest BCUT2D eigenvalue weighted by Gasteiger charge is 2.51. The molecular formula is C19H26FN5O2S. The van der Waals surface area contributed by atoms with Crippen molar-refractivity contribution in [3.63, 3.8) is 0 Å². The number of nitrogens with one attached hydrogen (secondary N) is 1. The molecule has 0 bridgehead atoms. The molecule has 2 aliphatic heterocycles. The summed E-state index contributed by atoms with van der Waals surface area (Å²) in [5.74, 6) is 0.253. The van der Waals surface area contributed by atoms with Crippen LogP contribution in [-0.4, -0.2) is 61.4 Å². The van der Waals surface area contributed by atoms with Crippen LogP contribution < -0.4 is 10.5 Å². The Morgan fingerprint density at radius 2 is 1.89 bits per heavy atom. The lowest BCUT2D eigenvalue weighted by Crippen LogP contribution is -2.73. The maximum absolute atomic E-state index is 13.1. The lowest BCUT2D eigenvalue weighted by atomic mass is 9.84. The van der Waals surface area contributed by atoms with Crippen LogP contribution >= 0.6 is 0 Å². The highest BCUT2D eigenvalue weighted by atomic mass is 32.2. The molecule has 4 rings (SSSR count). The van der Waals surface area contributed by atoms with Crippen LogP contribution in [0.4, 0.5) is 4.39 Å². The smallest absolute Gasteiger partial charge is 0.277 e. The third-order valence-electron chi connectivity index (χ3n) is 6.41. The fraction of sp³-hybridized carbons (Fsp3) is 0.632. The van der Waals surface area contributed by atoms with Crippen LogP contribution in [0.15, 0.2) is 24.3 Å². The van der Waals surface area contributed by atoms with Gasteiger partial charge < -0.3 is 5.32 Å². The average molecular weight is 408 g/mol. The van der Waals surface area contributed by atoms with Gasteiger partial charge in [0.2, 0.25) is 0 Å². The molecule has 2 atom stereocenters. The van der Waals surface area contributed by atoms with Gasteiger partial charge in [-0.05, 0) is 37.0 Å². The van der Waals surface area contributed by atoms with E-state index in [1.54, 1.807) is 0 Å². The number of nitrogens with zero attached hydrogens (tertiary/aromatic N) is 3. The molecule has 0 radical (unpaired) electrons. The van der Waals surface area contributed by atoms with E-state index in [2.05, 4.69) is 16.3 Å². The summed E-state index contributed by atoms with van der Waals surface area (Å²) in [6.07, 6.45) is 3.32. The summed E-state index contributed by atoms with van der Waals surface area (Å²) in [5.41, 5.74) is 0.782. The molecular weight excluding hydrogens is 381 g/mol. The minimum Gasteiger partial charge on any atom is -0.311 e. The number of nitrogens with two attached hydrogens (primary N) is 1. The highest BCUT2D eigenvalue weighted by Crippen LogP contribution is 2.42. The van der Waals surface area contributed by atoms with E-state index in [9.17, 15) is 18.1 Å². The van der Waals surface area contributed by atoms with Crippen molar-refractivity contribution in [2.75, 3.05) is 26.2 Å². The Morgan fingerprint density at radius 1 is 1.25 bits per heavy atom. The molecule has 1 unspecified atom stereocenters. The second-order valence-electron chi connectivity index (χ2n) is 8.30. The number of nitriles is 1. The Morgan fingerprint density at radius 3 is 2.46 bits per heavy atom. The summed E-state index contributed by atoms with van der Waals surface area (Å²) in [5, 5.41) is 18.1. The molecule has 152 valence electrons. The van der Waals surface area contributed by atoms with Gasteiger partial charge in [-0.3, -0.25) is 4.90 Å². The van der Waals surface area contributed by atoms with E-state index < -0.39 is 15.7 Å². The van der Waals surface area contributed by atoms with Crippen molar-refractivity contribution in [1.29, 1.82) is 5.26 Å². The number of rotatable bonds is 6. The summed E-state index contributed by atoms with van der Waals surface area (Å²) in [6.45, 7) is 2.27. The van der Waals surface area contributed by atoms with Gasteiger partial charge in [0, 0.05) is 44.2 Å². The Kier molecular flexibility index (Phi) is 5.18. The van der Waals surface area contributed by atoms with Gasteiger partial charge in [-0.1, -0.05) is 12.1 Å². The first kappa shape index (κ1) is 19.7. The third-order valence-corrected chi connectivity index (χ3v) is 7.39. The molecule has 3 fully saturated rings. The number of hydrogen-bond donors (Lipinski definition) is 2. The first-order chi connectivity index (χ1) is 13.3. The summed E-state index contributed by atoms with van der Waals surface area (Å²) in [7, 11) is -3.69. The van der Waals surface area contributed by atoms with Gasteiger partial charge in [0.15, 0.2) is 0 Å². The summed E-state index contributed by atoms with van der Waals surface area (Å²) < 4.78 is 37.3. The van der Waals surface area contributed by atoms with Crippen molar-refractivity contribution in [2.45, 2.75) is 49.2 Å². The van der Waals surface area contributed by atoms with E-state index in [4.69, 9.17) is 5.14 Å². The van der Waals surface area contributed by atoms with Crippen LogP contribution in [0.2, 0.25) is 0 Å². The van der Waals surface area contributed by atoms with Crippen molar-refractivity contribution in [2.24, 2.45) is 5.14 Å². The Balaban J connectivity index is 1.28. The first-order valence-corrected chi connectivity index (χ1v) is 11.2. The molecule has 1 saturated carbocycles. The number of likely N-dealkylation sites (tertiary alicyclic amines) is 1. The van der Waals surface area contributed by atoms with Gasteiger partial charge in [0.1, 0.15) is 5.82 Å². The molecule has 1 aliphatic carbocycles. The van der Waals surface area contributed by atoms with Gasteiger partial charge in [-0.2, -0.15) is 18.0 Å². The lowest BCUT2D eigenvalue weighted by Gasteiger charge is -2.55. The van der Waals surface area contributed by atoms with Crippen LogP contribution in [0, 0.1) is 17.1 Å². The van der Waals surface area contributed by atoms with E-state index in [0.29, 0.717) is 37.5 Å². The number of halogens is 1. The molecule has 3 N–H and O–H groups in total. The minimum absolute atomic E-state index is 0.204. The molecule has 0 amide bonds. The van der Waals surface area contributed by atoms with E-state index in [-0.39, 0.29) is 5.82 Å². The van der Waals surface area contributed by atoms with Crippen molar-refractivity contribution in [1.82, 2.24) is 14.5 Å². The van der Waals surface area contributed by atoms with Crippen LogP contribution in [-0.2, 0) is 10.2 Å². The second-order valence-corrected chi connectivity index (χ2v) is 9.85. The molecule has 3 aliphatic rings. The van der Waals surface area contributed by atoms with Crippen LogP contribution in [0.25, 0.3) is 0 Å². The SMILES string of the molecule is N#CCC1(N2CCC(N[C@@H]3CC3c3ccc(F)cc3)CC2)CN(S(N)(=O)=O)C1. The molecule has 7 nitrogen and oxygen atoms in total. The van der Waals surface area contributed by atoms with E-state index >= 15 is 0 Å². The average Bonchev–Trinajstić information content (AvgIpc) is 3.37. The Hall–Kier alpha value is -1.57. The van der Waals surface area contributed by atoms with Gasteiger partial charge in [-0.25, -0.2) is 9.53 Å². The van der Waals surface area contributed by atoms with Gasteiger partial charge in [0.05, 0.1) is 18.0 Å². The zero-order valence-electron chi connectivity index (χ0n) is 15.7. The first-order valence-electron chi connectivity index (χ1n) is 9.72. The number of piperidine rings is 1. The second kappa shape index (κ2) is 7.35. The number of benzene rings is 1. The Labute approximate surface area is 165 Å². The highest BCUT2D eigenvalue weighted by molar-refractivity contribution is 7.86. The normalized spacial score (nSPS) is 28.5. The topological polar surface area (TPSA) is 102 Å². The maximum Gasteiger partial charge on any atom is 0.277 e. The molecule has 0 spiro atoms. The van der Waals surface area contributed by atoms with Crippen LogP contribution in [0.5, 0.6) is 0 Å². The predicted molar refractivity (Wildman–Crippen MR) is 103 cm³/mol. The fourth-order valence-corrected chi connectivity index (χ4v) is 5.48. The van der Waals surface area contributed by atoms with Crippen molar-refractivity contribution >= 4 is 10.2 Å².